The average Bonchev–Trinajstić information content (AvgIpc) is 3.28. The molecule has 4 rings (SSSR count). The van der Waals surface area contributed by atoms with Crippen LogP contribution in [0.3, 0.4) is 0 Å². The van der Waals surface area contributed by atoms with Crippen molar-refractivity contribution in [2.24, 2.45) is 0 Å². The molecule has 5 nitrogen and oxygen atoms in total. The Morgan fingerprint density at radius 3 is 2.96 bits per heavy atom. The van der Waals surface area contributed by atoms with Crippen molar-refractivity contribution >= 4 is 33.0 Å². The van der Waals surface area contributed by atoms with Crippen LogP contribution in [0.2, 0.25) is 0 Å². The third-order valence-corrected chi connectivity index (χ3v) is 5.21. The zero-order chi connectivity index (χ0) is 18.3. The molecule has 0 saturated carbocycles. The van der Waals surface area contributed by atoms with Crippen molar-refractivity contribution in [1.82, 2.24) is 4.98 Å². The second-order valence-corrected chi connectivity index (χ2v) is 7.10. The Kier molecular flexibility index (Phi) is 4.24. The number of hydrogen-bond donors (Lipinski definition) is 3. The van der Waals surface area contributed by atoms with Crippen LogP contribution in [0.5, 0.6) is 0 Å². The topological polar surface area (TPSA) is 87.9 Å². The summed E-state index contributed by atoms with van der Waals surface area (Å²) in [7, 11) is 0. The van der Waals surface area contributed by atoms with E-state index in [4.69, 9.17) is 15.6 Å². The van der Waals surface area contributed by atoms with Crippen LogP contribution in [-0.4, -0.2) is 10.7 Å². The maximum absolute atomic E-state index is 13.9. The Morgan fingerprint density at radius 1 is 1.35 bits per heavy atom. The number of oxazole rings is 1. The molecule has 0 spiro atoms. The van der Waals surface area contributed by atoms with Crippen molar-refractivity contribution in [1.29, 1.82) is 5.41 Å². The molecular weight excluding hydrogens is 399 g/mol. The van der Waals surface area contributed by atoms with Gasteiger partial charge in [0, 0.05) is 16.9 Å². The lowest BCUT2D eigenvalue weighted by Gasteiger charge is -2.17. The van der Waals surface area contributed by atoms with Crippen LogP contribution in [0.4, 0.5) is 15.8 Å². The molecule has 26 heavy (non-hydrogen) atoms. The number of nitrogens with two attached hydrogens (primary N) is 1. The molecule has 0 aliphatic heterocycles. The summed E-state index contributed by atoms with van der Waals surface area (Å²) in [6.07, 6.45) is 4.53. The van der Waals surface area contributed by atoms with Gasteiger partial charge in [0.25, 0.3) is 0 Å². The maximum Gasteiger partial charge on any atom is 0.181 e. The number of benzene rings is 2. The van der Waals surface area contributed by atoms with E-state index < -0.39 is 0 Å². The van der Waals surface area contributed by atoms with Crippen LogP contribution >= 0.6 is 15.9 Å². The molecule has 0 bridgehead atoms. The fraction of sp³-hybridized carbons (Fsp3) is 0.158. The highest BCUT2D eigenvalue weighted by atomic mass is 79.9. The lowest BCUT2D eigenvalue weighted by atomic mass is 10.0. The predicted molar refractivity (Wildman–Crippen MR) is 102 cm³/mol. The van der Waals surface area contributed by atoms with Gasteiger partial charge in [-0.1, -0.05) is 0 Å². The van der Waals surface area contributed by atoms with E-state index in [1.807, 2.05) is 18.2 Å². The highest BCUT2D eigenvalue weighted by molar-refractivity contribution is 9.10. The van der Waals surface area contributed by atoms with Crippen molar-refractivity contribution in [2.75, 3.05) is 11.1 Å². The van der Waals surface area contributed by atoms with E-state index in [1.54, 1.807) is 12.1 Å². The molecule has 132 valence electrons. The van der Waals surface area contributed by atoms with Crippen molar-refractivity contribution in [3.8, 4) is 0 Å². The predicted octanol–water partition coefficient (Wildman–Crippen LogP) is 4.67. The molecule has 1 aliphatic carbocycles. The minimum absolute atomic E-state index is 0.0172. The first kappa shape index (κ1) is 16.8. The Morgan fingerprint density at radius 2 is 2.19 bits per heavy atom. The van der Waals surface area contributed by atoms with E-state index in [1.165, 1.54) is 12.6 Å². The summed E-state index contributed by atoms with van der Waals surface area (Å²) in [5.41, 5.74) is 10.2. The number of hydrogen-bond acceptors (Lipinski definition) is 5. The summed E-state index contributed by atoms with van der Waals surface area (Å²) in [6, 6.07) is 8.87. The average molecular weight is 415 g/mol. The highest BCUT2D eigenvalue weighted by Gasteiger charge is 2.24. The molecule has 1 atom stereocenters. The number of nitrogens with zero attached hydrogens (tertiary/aromatic N) is 1. The minimum atomic E-state index is -0.262. The van der Waals surface area contributed by atoms with Gasteiger partial charge in [0.05, 0.1) is 16.7 Å². The van der Waals surface area contributed by atoms with E-state index in [-0.39, 0.29) is 17.6 Å². The first-order chi connectivity index (χ1) is 12.5. The van der Waals surface area contributed by atoms with E-state index >= 15 is 0 Å². The molecule has 1 unspecified atom stereocenters. The van der Waals surface area contributed by atoms with Crippen LogP contribution < -0.4 is 11.1 Å². The molecule has 1 aromatic heterocycles. The molecule has 1 aliphatic rings. The number of halogens is 2. The molecule has 3 aromatic rings. The van der Waals surface area contributed by atoms with E-state index in [9.17, 15) is 4.39 Å². The number of aromatic nitrogens is 1. The van der Waals surface area contributed by atoms with Gasteiger partial charge in [-0.25, -0.2) is 9.37 Å². The summed E-state index contributed by atoms with van der Waals surface area (Å²) in [5.74, 6) is 0.0922. The Bertz CT molecular complexity index is 987. The van der Waals surface area contributed by atoms with Crippen LogP contribution in [0.15, 0.2) is 51.8 Å². The Labute approximate surface area is 158 Å². The van der Waals surface area contributed by atoms with Crippen LogP contribution in [0.1, 0.15) is 34.9 Å². The minimum Gasteiger partial charge on any atom is -0.442 e. The van der Waals surface area contributed by atoms with Crippen LogP contribution in [-0.2, 0) is 6.42 Å². The van der Waals surface area contributed by atoms with Gasteiger partial charge >= 0.3 is 0 Å². The monoisotopic (exact) mass is 414 g/mol. The smallest absolute Gasteiger partial charge is 0.181 e. The summed E-state index contributed by atoms with van der Waals surface area (Å²) >= 11 is 3.24. The number of aryl methyl sites for hydroxylation is 1. The van der Waals surface area contributed by atoms with E-state index in [0.29, 0.717) is 21.5 Å². The molecule has 0 radical (unpaired) electrons. The Balaban J connectivity index is 1.62. The standard InChI is InChI=1S/C19H16BrFN4O/c20-14-5-10-1-4-17(12(10)7-15(14)21)25-11-2-3-16(22)13(6-11)19(23)18-8-24-9-26-18/h2-3,5-9,17,23,25H,1,4,22H2. The third-order valence-electron chi connectivity index (χ3n) is 4.60. The van der Waals surface area contributed by atoms with Gasteiger partial charge in [-0.05, 0) is 70.2 Å². The zero-order valence-corrected chi connectivity index (χ0v) is 15.3. The number of fused-ring (bicyclic) bond motifs is 1. The first-order valence-electron chi connectivity index (χ1n) is 8.14. The van der Waals surface area contributed by atoms with Gasteiger partial charge in [0.1, 0.15) is 11.5 Å². The summed E-state index contributed by atoms with van der Waals surface area (Å²) in [5, 5.41) is 11.7. The van der Waals surface area contributed by atoms with E-state index in [2.05, 4.69) is 26.2 Å². The summed E-state index contributed by atoms with van der Waals surface area (Å²) in [6.45, 7) is 0. The summed E-state index contributed by atoms with van der Waals surface area (Å²) in [4.78, 5) is 3.84. The molecule has 1 heterocycles. The lowest BCUT2D eigenvalue weighted by molar-refractivity contribution is 0.548. The molecular formula is C19H16BrFN4O. The quantitative estimate of drug-likeness (QED) is 0.427. The van der Waals surface area contributed by atoms with Crippen molar-refractivity contribution < 1.29 is 8.81 Å². The molecule has 0 fully saturated rings. The molecule has 0 saturated heterocycles. The van der Waals surface area contributed by atoms with E-state index in [0.717, 1.165) is 29.7 Å². The normalized spacial score (nSPS) is 15.7. The lowest BCUT2D eigenvalue weighted by Crippen LogP contribution is -2.10. The van der Waals surface area contributed by atoms with Crippen molar-refractivity contribution in [3.63, 3.8) is 0 Å². The van der Waals surface area contributed by atoms with Crippen LogP contribution in [0, 0.1) is 11.2 Å². The van der Waals surface area contributed by atoms with Gasteiger partial charge in [0.2, 0.25) is 0 Å². The molecule has 0 amide bonds. The third kappa shape index (κ3) is 2.99. The fourth-order valence-corrected chi connectivity index (χ4v) is 3.68. The van der Waals surface area contributed by atoms with Crippen molar-refractivity contribution in [2.45, 2.75) is 18.9 Å². The van der Waals surface area contributed by atoms with Gasteiger partial charge in [-0.15, -0.1) is 0 Å². The zero-order valence-electron chi connectivity index (χ0n) is 13.7. The number of nitrogen functional groups attached to an aromatic ring is 1. The fourth-order valence-electron chi connectivity index (χ4n) is 3.29. The molecule has 2 aromatic carbocycles. The molecule has 4 N–H and O–H groups in total. The maximum atomic E-state index is 13.9. The van der Waals surface area contributed by atoms with Crippen molar-refractivity contribution in [3.05, 3.63) is 75.7 Å². The largest absolute Gasteiger partial charge is 0.442 e. The van der Waals surface area contributed by atoms with Gasteiger partial charge < -0.3 is 15.5 Å². The second-order valence-electron chi connectivity index (χ2n) is 6.24. The Hall–Kier alpha value is -2.67. The van der Waals surface area contributed by atoms with Crippen LogP contribution in [0.25, 0.3) is 0 Å². The van der Waals surface area contributed by atoms with Gasteiger partial charge in [0.15, 0.2) is 12.2 Å². The number of nitrogens with one attached hydrogen (secondary N) is 2. The molecule has 7 heteroatoms. The summed E-state index contributed by atoms with van der Waals surface area (Å²) < 4.78 is 19.6. The first-order valence-corrected chi connectivity index (χ1v) is 8.94. The highest BCUT2D eigenvalue weighted by Crippen LogP contribution is 2.37. The van der Waals surface area contributed by atoms with Gasteiger partial charge in [-0.2, -0.15) is 0 Å². The SMILES string of the molecule is N=C(c1cnco1)c1cc(NC2CCc3cc(Br)c(F)cc32)ccc1N. The number of anilines is 2. The second kappa shape index (κ2) is 6.57. The van der Waals surface area contributed by atoms with Gasteiger partial charge in [-0.3, -0.25) is 5.41 Å². The number of rotatable bonds is 4.